The third-order valence-corrected chi connectivity index (χ3v) is 4.21. The number of carbonyl (C=O) groups is 1. The van der Waals surface area contributed by atoms with Crippen LogP contribution < -0.4 is 4.72 Å². The lowest BCUT2D eigenvalue weighted by Gasteiger charge is -2.07. The molecule has 0 amide bonds. The van der Waals surface area contributed by atoms with E-state index in [1.807, 2.05) is 0 Å². The number of nitrogens with one attached hydrogen (secondary N) is 1. The first-order chi connectivity index (χ1) is 9.90. The van der Waals surface area contributed by atoms with Crippen LogP contribution in [-0.2, 0) is 16.4 Å². The van der Waals surface area contributed by atoms with E-state index in [9.17, 15) is 18.3 Å². The Kier molecular flexibility index (Phi) is 4.29. The van der Waals surface area contributed by atoms with E-state index in [1.165, 1.54) is 6.26 Å². The number of furan rings is 1. The topological polar surface area (TPSA) is 117 Å². The molecule has 3 N–H and O–H groups in total. The zero-order chi connectivity index (χ0) is 15.5. The number of sulfonamides is 1. The summed E-state index contributed by atoms with van der Waals surface area (Å²) in [6.07, 6.45) is 1.86. The van der Waals surface area contributed by atoms with Crippen molar-refractivity contribution in [3.8, 4) is 5.75 Å². The summed E-state index contributed by atoms with van der Waals surface area (Å²) in [6.45, 7) is 0.110. The summed E-state index contributed by atoms with van der Waals surface area (Å²) in [4.78, 5) is 10.7. The first-order valence-electron chi connectivity index (χ1n) is 5.98. The first-order valence-corrected chi connectivity index (χ1v) is 7.47. The molecule has 2 rings (SSSR count). The van der Waals surface area contributed by atoms with Gasteiger partial charge in [-0.3, -0.25) is 0 Å². The molecular formula is C13H13NO6S. The molecule has 0 unspecified atom stereocenters. The van der Waals surface area contributed by atoms with Crippen LogP contribution in [0.4, 0.5) is 0 Å². The highest BCUT2D eigenvalue weighted by Crippen LogP contribution is 2.21. The quantitative estimate of drug-likeness (QED) is 0.738. The van der Waals surface area contributed by atoms with Crippen molar-refractivity contribution >= 4 is 16.0 Å². The molecule has 1 aromatic heterocycles. The van der Waals surface area contributed by atoms with E-state index in [0.29, 0.717) is 12.2 Å². The van der Waals surface area contributed by atoms with Gasteiger partial charge in [0.1, 0.15) is 17.1 Å². The summed E-state index contributed by atoms with van der Waals surface area (Å²) in [5.74, 6) is -1.26. The number of hydrogen-bond donors (Lipinski definition) is 3. The van der Waals surface area contributed by atoms with Gasteiger partial charge in [-0.15, -0.1) is 0 Å². The third-order valence-electron chi connectivity index (χ3n) is 2.75. The average molecular weight is 311 g/mol. The number of hydrogen-bond acceptors (Lipinski definition) is 5. The molecule has 7 nitrogen and oxygen atoms in total. The van der Waals surface area contributed by atoms with Gasteiger partial charge >= 0.3 is 5.97 Å². The van der Waals surface area contributed by atoms with Gasteiger partial charge in [0.15, 0.2) is 0 Å². The zero-order valence-electron chi connectivity index (χ0n) is 10.8. The molecule has 2 aromatic rings. The Morgan fingerprint density at radius 3 is 2.67 bits per heavy atom. The number of aromatic carboxylic acids is 1. The van der Waals surface area contributed by atoms with Crippen molar-refractivity contribution in [3.63, 3.8) is 0 Å². The molecule has 0 radical (unpaired) electrons. The molecule has 0 saturated heterocycles. The fourth-order valence-electron chi connectivity index (χ4n) is 1.70. The Bertz CT molecular complexity index is 736. The Balaban J connectivity index is 2.12. The van der Waals surface area contributed by atoms with Gasteiger partial charge in [0.2, 0.25) is 10.0 Å². The van der Waals surface area contributed by atoms with Crippen LogP contribution in [0.5, 0.6) is 5.75 Å². The van der Waals surface area contributed by atoms with Gasteiger partial charge in [-0.2, -0.15) is 0 Å². The van der Waals surface area contributed by atoms with Crippen LogP contribution in [0.3, 0.4) is 0 Å². The number of phenols is 1. The normalized spacial score (nSPS) is 11.4. The van der Waals surface area contributed by atoms with E-state index in [2.05, 4.69) is 4.72 Å². The van der Waals surface area contributed by atoms with E-state index in [4.69, 9.17) is 9.52 Å². The van der Waals surface area contributed by atoms with Crippen molar-refractivity contribution < 1.29 is 27.8 Å². The van der Waals surface area contributed by atoms with Crippen molar-refractivity contribution in [2.24, 2.45) is 0 Å². The van der Waals surface area contributed by atoms with Crippen LogP contribution in [-0.4, -0.2) is 31.1 Å². The number of benzene rings is 1. The standard InChI is InChI=1S/C13H13NO6S/c15-12-4-3-10(8-11(12)13(16)17)21(18,19)14-6-5-9-2-1-7-20-9/h1-4,7-8,14-15H,5-6H2,(H,16,17). The lowest BCUT2D eigenvalue weighted by atomic mass is 10.2. The van der Waals surface area contributed by atoms with Crippen LogP contribution >= 0.6 is 0 Å². The van der Waals surface area contributed by atoms with Crippen LogP contribution in [0, 0.1) is 0 Å². The zero-order valence-corrected chi connectivity index (χ0v) is 11.6. The van der Waals surface area contributed by atoms with E-state index in [0.717, 1.165) is 18.2 Å². The van der Waals surface area contributed by atoms with Gasteiger partial charge in [-0.1, -0.05) is 0 Å². The fraction of sp³-hybridized carbons (Fsp3) is 0.154. The highest BCUT2D eigenvalue weighted by atomic mass is 32.2. The smallest absolute Gasteiger partial charge is 0.339 e. The first kappa shape index (κ1) is 15.1. The third kappa shape index (κ3) is 3.61. The summed E-state index contributed by atoms with van der Waals surface area (Å²) in [7, 11) is -3.85. The van der Waals surface area contributed by atoms with Crippen LogP contribution in [0.25, 0.3) is 0 Å². The lowest BCUT2D eigenvalue weighted by Crippen LogP contribution is -2.26. The molecule has 8 heteroatoms. The molecule has 0 bridgehead atoms. The Morgan fingerprint density at radius 2 is 2.05 bits per heavy atom. The summed E-state index contributed by atoms with van der Waals surface area (Å²) in [5.41, 5.74) is -0.469. The molecule has 21 heavy (non-hydrogen) atoms. The van der Waals surface area contributed by atoms with Crippen molar-refractivity contribution in [1.82, 2.24) is 4.72 Å². The van der Waals surface area contributed by atoms with Gasteiger partial charge in [0.25, 0.3) is 0 Å². The number of rotatable bonds is 6. The molecule has 0 aliphatic rings. The summed E-state index contributed by atoms with van der Waals surface area (Å²) >= 11 is 0. The Hall–Kier alpha value is -2.32. The van der Waals surface area contributed by atoms with Gasteiger partial charge in [-0.05, 0) is 30.3 Å². The maximum Gasteiger partial charge on any atom is 0.339 e. The van der Waals surface area contributed by atoms with Crippen molar-refractivity contribution in [2.45, 2.75) is 11.3 Å². The Morgan fingerprint density at radius 1 is 1.29 bits per heavy atom. The minimum atomic E-state index is -3.85. The van der Waals surface area contributed by atoms with Gasteiger partial charge in [0, 0.05) is 13.0 Å². The highest BCUT2D eigenvalue weighted by Gasteiger charge is 2.18. The molecule has 0 fully saturated rings. The Labute approximate surface area is 120 Å². The molecule has 1 heterocycles. The monoisotopic (exact) mass is 311 g/mol. The van der Waals surface area contributed by atoms with Crippen molar-refractivity contribution in [3.05, 3.63) is 47.9 Å². The van der Waals surface area contributed by atoms with Gasteiger partial charge < -0.3 is 14.6 Å². The molecule has 0 spiro atoms. The van der Waals surface area contributed by atoms with Crippen molar-refractivity contribution in [2.75, 3.05) is 6.54 Å². The maximum absolute atomic E-state index is 12.0. The van der Waals surface area contributed by atoms with Crippen LogP contribution in [0.15, 0.2) is 45.9 Å². The minimum Gasteiger partial charge on any atom is -0.507 e. The van der Waals surface area contributed by atoms with Crippen LogP contribution in [0.2, 0.25) is 0 Å². The number of carboxylic acid groups (broad SMARTS) is 1. The van der Waals surface area contributed by atoms with E-state index < -0.39 is 27.3 Å². The predicted octanol–water partition coefficient (Wildman–Crippen LogP) is 1.20. The second-order valence-electron chi connectivity index (χ2n) is 4.21. The number of carboxylic acids is 1. The molecule has 0 atom stereocenters. The average Bonchev–Trinajstić information content (AvgIpc) is 2.91. The minimum absolute atomic E-state index is 0.110. The van der Waals surface area contributed by atoms with Crippen molar-refractivity contribution in [1.29, 1.82) is 0 Å². The predicted molar refractivity (Wildman–Crippen MR) is 72.7 cm³/mol. The summed E-state index contributed by atoms with van der Waals surface area (Å²) < 4.78 is 31.5. The summed E-state index contributed by atoms with van der Waals surface area (Å²) in [5, 5.41) is 18.2. The maximum atomic E-state index is 12.0. The van der Waals surface area contributed by atoms with E-state index >= 15 is 0 Å². The van der Waals surface area contributed by atoms with Gasteiger partial charge in [0.05, 0.1) is 11.2 Å². The second kappa shape index (κ2) is 5.98. The highest BCUT2D eigenvalue weighted by molar-refractivity contribution is 7.89. The molecule has 0 aliphatic carbocycles. The van der Waals surface area contributed by atoms with E-state index in [-0.39, 0.29) is 11.4 Å². The molecular weight excluding hydrogens is 298 g/mol. The SMILES string of the molecule is O=C(O)c1cc(S(=O)(=O)NCCc2ccco2)ccc1O. The van der Waals surface area contributed by atoms with Gasteiger partial charge in [-0.25, -0.2) is 17.9 Å². The van der Waals surface area contributed by atoms with E-state index in [1.54, 1.807) is 12.1 Å². The molecule has 112 valence electrons. The molecule has 0 aliphatic heterocycles. The molecule has 0 saturated carbocycles. The second-order valence-corrected chi connectivity index (χ2v) is 5.98. The summed E-state index contributed by atoms with van der Waals surface area (Å²) in [6, 6.07) is 6.49. The lowest BCUT2D eigenvalue weighted by molar-refractivity contribution is 0.0693. The largest absolute Gasteiger partial charge is 0.507 e. The fourth-order valence-corrected chi connectivity index (χ4v) is 2.76. The molecule has 1 aromatic carbocycles. The number of aromatic hydroxyl groups is 1. The van der Waals surface area contributed by atoms with Crippen LogP contribution in [0.1, 0.15) is 16.1 Å².